The van der Waals surface area contributed by atoms with E-state index in [1.165, 1.54) is 10.2 Å². The van der Waals surface area contributed by atoms with Gasteiger partial charge in [-0.25, -0.2) is 0 Å². The van der Waals surface area contributed by atoms with Crippen LogP contribution in [0, 0.1) is 0 Å². The van der Waals surface area contributed by atoms with Gasteiger partial charge in [-0.15, -0.1) is 0 Å². The van der Waals surface area contributed by atoms with E-state index >= 15 is 0 Å². The van der Waals surface area contributed by atoms with Gasteiger partial charge in [0.1, 0.15) is 19.5 Å². The summed E-state index contributed by atoms with van der Waals surface area (Å²) in [4.78, 5) is 7.71. The quantitative estimate of drug-likeness (QED) is 0.637. The Hall–Kier alpha value is 0.788. The van der Waals surface area contributed by atoms with E-state index in [9.17, 15) is 0 Å². The van der Waals surface area contributed by atoms with Crippen molar-refractivity contribution in [3.8, 4) is 0 Å². The van der Waals surface area contributed by atoms with Crippen LogP contribution in [0.4, 0.5) is 0 Å². The largest absolute Gasteiger partial charge is 0.466 e. The van der Waals surface area contributed by atoms with Crippen molar-refractivity contribution in [2.75, 3.05) is 0 Å². The summed E-state index contributed by atoms with van der Waals surface area (Å²) >= 11 is 0. The molecule has 0 bridgehead atoms. The first-order chi connectivity index (χ1) is 4.83. The summed E-state index contributed by atoms with van der Waals surface area (Å²) in [5.74, 6) is 0. The van der Waals surface area contributed by atoms with E-state index in [0.717, 1.165) is 0 Å². The van der Waals surface area contributed by atoms with Crippen LogP contribution in [0.3, 0.4) is 0 Å². The maximum atomic E-state index is 7.71. The Bertz CT molecular complexity index is 31.5. The highest BCUT2D eigenvalue weighted by Gasteiger charge is 1.67. The molecule has 0 amide bonds. The average molecular weight is 247 g/mol. The van der Waals surface area contributed by atoms with Gasteiger partial charge < -0.3 is 8.91 Å². The lowest BCUT2D eigenvalue weighted by Gasteiger charge is -1.85. The molecule has 2 nitrogen and oxygen atoms in total. The predicted octanol–water partition coefficient (Wildman–Crippen LogP) is -0.951. The summed E-state index contributed by atoms with van der Waals surface area (Å²) in [6.07, 6.45) is 0. The molecular formula is C6H30O2Si4. The molecule has 0 fully saturated rings. The third kappa shape index (κ3) is 133. The highest BCUT2D eigenvalue weighted by atomic mass is 28.3. The van der Waals surface area contributed by atoms with Crippen LogP contribution in [0.15, 0.2) is 0 Å². The first kappa shape index (κ1) is 29.3. The summed E-state index contributed by atoms with van der Waals surface area (Å²) in [6, 6.07) is 0. The van der Waals surface area contributed by atoms with Crippen LogP contribution in [-0.2, 0) is 4.12 Å². The van der Waals surface area contributed by atoms with Gasteiger partial charge in [0.25, 0.3) is 0 Å². The molecule has 0 heterocycles. The highest BCUT2D eigenvalue weighted by Crippen LogP contribution is 1.58. The molecule has 0 saturated carbocycles. The topological polar surface area (TPSA) is 29.5 Å². The molecule has 0 rings (SSSR count). The van der Waals surface area contributed by atoms with Gasteiger partial charge in [0.05, 0.1) is 0 Å². The molecule has 82 valence electrons. The SMILES string of the molecule is C.C.C[SiH2]O.C[SiH2]O[SiH2]C.C[SiH3]. The molecule has 0 aliphatic heterocycles. The lowest BCUT2D eigenvalue weighted by atomic mass is 11.9. The number of hydrogen-bond acceptors (Lipinski definition) is 2. The smallest absolute Gasteiger partial charge is 0.153 e. The van der Waals surface area contributed by atoms with Crippen LogP contribution < -0.4 is 0 Å². The van der Waals surface area contributed by atoms with Crippen molar-refractivity contribution >= 4 is 39.5 Å². The zero-order valence-corrected chi connectivity index (χ0v) is 14.2. The molecule has 0 saturated heterocycles. The van der Waals surface area contributed by atoms with E-state index in [-0.39, 0.29) is 34.4 Å². The van der Waals surface area contributed by atoms with Gasteiger partial charge in [-0.3, -0.25) is 0 Å². The molecule has 0 atom stereocenters. The zero-order valence-electron chi connectivity index (χ0n) is 7.98. The number of hydrogen-bond donors (Lipinski definition) is 1. The Morgan fingerprint density at radius 2 is 1.17 bits per heavy atom. The van der Waals surface area contributed by atoms with Crippen molar-refractivity contribution in [3.05, 3.63) is 0 Å². The average Bonchev–Trinajstić information content (AvgIpc) is 1.96. The minimum Gasteiger partial charge on any atom is -0.466 e. The Labute approximate surface area is 89.8 Å². The van der Waals surface area contributed by atoms with Gasteiger partial charge in [-0.1, -0.05) is 41.0 Å². The van der Waals surface area contributed by atoms with Crippen molar-refractivity contribution < 1.29 is 8.91 Å². The predicted molar refractivity (Wildman–Crippen MR) is 75.8 cm³/mol. The van der Waals surface area contributed by atoms with Crippen LogP contribution in [0.1, 0.15) is 14.9 Å². The number of rotatable bonds is 2. The standard InChI is InChI=1S/C2H10OSi2.CH6OSi.CH6Si.2CH4/c1-4-3-5-2;1-3-2;1-2;;/h4-5H2,1-2H3;2H,3H2,1H3;1-2H3;2*1H4. The van der Waals surface area contributed by atoms with Gasteiger partial charge in [0.2, 0.25) is 0 Å². The Kier molecular flexibility index (Phi) is 146. The minimum atomic E-state index is -0.583. The molecule has 0 unspecified atom stereocenters. The Morgan fingerprint density at radius 1 is 1.00 bits per heavy atom. The monoisotopic (exact) mass is 246 g/mol. The summed E-state index contributed by atoms with van der Waals surface area (Å²) in [7, 11) is 0.674. The third-order valence-electron chi connectivity index (χ3n) is 0.408. The molecule has 0 spiro atoms. The molecule has 12 heavy (non-hydrogen) atoms. The fourth-order valence-electron chi connectivity index (χ4n) is 0.204. The lowest BCUT2D eigenvalue weighted by Crippen LogP contribution is -1.92. The van der Waals surface area contributed by atoms with Gasteiger partial charge in [-0.2, -0.15) is 0 Å². The van der Waals surface area contributed by atoms with Crippen LogP contribution in [0.2, 0.25) is 26.2 Å². The molecule has 0 aromatic carbocycles. The van der Waals surface area contributed by atoms with Gasteiger partial charge >= 0.3 is 0 Å². The molecule has 0 radical (unpaired) electrons. The van der Waals surface area contributed by atoms with Gasteiger partial charge in [0.15, 0.2) is 9.76 Å². The third-order valence-corrected chi connectivity index (χ3v) is 3.67. The second kappa shape index (κ2) is 59.8. The fourth-order valence-corrected chi connectivity index (χ4v) is 1.84. The Morgan fingerprint density at radius 3 is 1.17 bits per heavy atom. The molecule has 1 N–H and O–H groups in total. The molecule has 0 aliphatic carbocycles. The maximum absolute atomic E-state index is 7.71. The highest BCUT2D eigenvalue weighted by molar-refractivity contribution is 6.40. The van der Waals surface area contributed by atoms with E-state index in [2.05, 4.69) is 19.6 Å². The van der Waals surface area contributed by atoms with Crippen LogP contribution >= 0.6 is 0 Å². The van der Waals surface area contributed by atoms with Crippen LogP contribution in [0.5, 0.6) is 0 Å². The molecule has 6 heteroatoms. The van der Waals surface area contributed by atoms with E-state index in [4.69, 9.17) is 8.91 Å². The fraction of sp³-hybridized carbons (Fsp3) is 1.00. The normalized spacial score (nSPS) is 8.75. The van der Waals surface area contributed by atoms with Gasteiger partial charge in [0, 0.05) is 0 Å². The van der Waals surface area contributed by atoms with E-state index in [1.807, 2.05) is 6.55 Å². The summed E-state index contributed by atoms with van der Waals surface area (Å²) in [5.41, 5.74) is 0. The molecule has 0 aromatic heterocycles. The summed E-state index contributed by atoms with van der Waals surface area (Å²) < 4.78 is 5.11. The molecule has 0 aliphatic rings. The van der Waals surface area contributed by atoms with Crippen molar-refractivity contribution in [1.82, 2.24) is 0 Å². The molecular weight excluding hydrogens is 216 g/mol. The Balaban J connectivity index is -0.0000000209. The lowest BCUT2D eigenvalue weighted by molar-refractivity contribution is 0.610. The van der Waals surface area contributed by atoms with Crippen LogP contribution in [-0.4, -0.2) is 44.3 Å². The van der Waals surface area contributed by atoms with E-state index in [1.54, 1.807) is 0 Å². The van der Waals surface area contributed by atoms with E-state index in [0.29, 0.717) is 0 Å². The van der Waals surface area contributed by atoms with Crippen molar-refractivity contribution in [2.45, 2.75) is 41.0 Å². The first-order valence-electron chi connectivity index (χ1n) is 4.01. The van der Waals surface area contributed by atoms with Crippen molar-refractivity contribution in [3.63, 3.8) is 0 Å². The second-order valence-electron chi connectivity index (χ2n) is 1.10. The molecule has 0 aromatic rings. The first-order valence-corrected chi connectivity index (χ1v) is 12.0. The second-order valence-corrected chi connectivity index (χ2v) is 4.52. The van der Waals surface area contributed by atoms with Gasteiger partial charge in [-0.05, 0) is 10.2 Å². The zero-order chi connectivity index (χ0) is 8.83. The maximum Gasteiger partial charge on any atom is 0.153 e. The van der Waals surface area contributed by atoms with Crippen molar-refractivity contribution in [2.24, 2.45) is 0 Å². The summed E-state index contributed by atoms with van der Waals surface area (Å²) in [5, 5.41) is 0. The van der Waals surface area contributed by atoms with Crippen molar-refractivity contribution in [1.29, 1.82) is 0 Å². The van der Waals surface area contributed by atoms with E-state index < -0.39 is 9.76 Å². The minimum absolute atomic E-state index is 0. The van der Waals surface area contributed by atoms with Crippen LogP contribution in [0.25, 0.3) is 0 Å². The summed E-state index contributed by atoms with van der Waals surface area (Å²) in [6.45, 7) is 8.28.